The van der Waals surface area contributed by atoms with E-state index >= 15 is 0 Å². The summed E-state index contributed by atoms with van der Waals surface area (Å²) in [6, 6.07) is 7.09. The number of aromatic nitrogens is 1. The van der Waals surface area contributed by atoms with Gasteiger partial charge in [-0.05, 0) is 26.0 Å². The van der Waals surface area contributed by atoms with Gasteiger partial charge in [0.25, 0.3) is 5.69 Å². The molecule has 1 aromatic heterocycles. The SMILES string of the molecule is Cc1cnc(COc2ccccc2N)c(C)c1[N+](=O)[O-]. The van der Waals surface area contributed by atoms with Crippen molar-refractivity contribution in [2.24, 2.45) is 0 Å². The van der Waals surface area contributed by atoms with Gasteiger partial charge in [0.05, 0.1) is 21.9 Å². The van der Waals surface area contributed by atoms with Crippen LogP contribution in [0.15, 0.2) is 30.5 Å². The quantitative estimate of drug-likeness (QED) is 0.525. The first-order chi connectivity index (χ1) is 9.50. The van der Waals surface area contributed by atoms with Crippen LogP contribution in [0.25, 0.3) is 0 Å². The second kappa shape index (κ2) is 5.56. The molecule has 0 saturated carbocycles. The first kappa shape index (κ1) is 13.8. The smallest absolute Gasteiger partial charge is 0.278 e. The van der Waals surface area contributed by atoms with Crippen LogP contribution in [0.5, 0.6) is 5.75 Å². The summed E-state index contributed by atoms with van der Waals surface area (Å²) < 4.78 is 5.57. The van der Waals surface area contributed by atoms with E-state index in [1.54, 1.807) is 26.0 Å². The predicted octanol–water partition coefficient (Wildman–Crippen LogP) is 2.77. The van der Waals surface area contributed by atoms with Crippen molar-refractivity contribution in [2.45, 2.75) is 20.5 Å². The Bertz CT molecular complexity index is 656. The molecule has 0 saturated heterocycles. The number of ether oxygens (including phenoxy) is 1. The van der Waals surface area contributed by atoms with Crippen LogP contribution in [0.1, 0.15) is 16.8 Å². The molecule has 2 N–H and O–H groups in total. The largest absolute Gasteiger partial charge is 0.485 e. The van der Waals surface area contributed by atoms with E-state index in [4.69, 9.17) is 10.5 Å². The Balaban J connectivity index is 2.25. The average molecular weight is 273 g/mol. The van der Waals surface area contributed by atoms with E-state index in [2.05, 4.69) is 4.98 Å². The van der Waals surface area contributed by atoms with Gasteiger partial charge in [0.1, 0.15) is 12.4 Å². The number of nitrogen functional groups attached to an aromatic ring is 1. The van der Waals surface area contributed by atoms with Gasteiger partial charge < -0.3 is 10.5 Å². The molecule has 0 bridgehead atoms. The summed E-state index contributed by atoms with van der Waals surface area (Å²) in [5.41, 5.74) is 7.96. The van der Waals surface area contributed by atoms with Crippen LogP contribution in [0.2, 0.25) is 0 Å². The Kier molecular flexibility index (Phi) is 3.84. The van der Waals surface area contributed by atoms with Crippen LogP contribution >= 0.6 is 0 Å². The predicted molar refractivity (Wildman–Crippen MR) is 75.6 cm³/mol. The minimum atomic E-state index is -0.396. The summed E-state index contributed by atoms with van der Waals surface area (Å²) in [6.07, 6.45) is 1.48. The molecule has 2 aromatic rings. The molecule has 0 amide bonds. The van der Waals surface area contributed by atoms with Crippen LogP contribution in [0, 0.1) is 24.0 Å². The van der Waals surface area contributed by atoms with E-state index in [9.17, 15) is 10.1 Å². The molecule has 1 heterocycles. The molecule has 0 atom stereocenters. The first-order valence-electron chi connectivity index (χ1n) is 6.07. The maximum Gasteiger partial charge on any atom is 0.278 e. The van der Waals surface area contributed by atoms with E-state index in [1.165, 1.54) is 6.20 Å². The highest BCUT2D eigenvalue weighted by molar-refractivity contribution is 5.52. The molecule has 2 rings (SSSR count). The maximum absolute atomic E-state index is 11.0. The molecule has 0 spiro atoms. The molecule has 0 aliphatic rings. The van der Waals surface area contributed by atoms with Crippen molar-refractivity contribution >= 4 is 11.4 Å². The van der Waals surface area contributed by atoms with Gasteiger partial charge >= 0.3 is 0 Å². The van der Waals surface area contributed by atoms with E-state index in [-0.39, 0.29) is 12.3 Å². The maximum atomic E-state index is 11.0. The molecule has 1 aromatic carbocycles. The average Bonchev–Trinajstić information content (AvgIpc) is 2.39. The highest BCUT2D eigenvalue weighted by atomic mass is 16.6. The topological polar surface area (TPSA) is 91.3 Å². The molecule has 0 fully saturated rings. The third-order valence-corrected chi connectivity index (χ3v) is 3.04. The molecule has 104 valence electrons. The standard InChI is InChI=1S/C14H15N3O3/c1-9-7-16-12(10(2)14(9)17(18)19)8-20-13-6-4-3-5-11(13)15/h3-7H,8,15H2,1-2H3. The van der Waals surface area contributed by atoms with Crippen LogP contribution in [-0.4, -0.2) is 9.91 Å². The zero-order chi connectivity index (χ0) is 14.7. The molecule has 6 nitrogen and oxygen atoms in total. The lowest BCUT2D eigenvalue weighted by molar-refractivity contribution is -0.386. The van der Waals surface area contributed by atoms with Crippen LogP contribution in [0.4, 0.5) is 11.4 Å². The number of nitrogens with zero attached hydrogens (tertiary/aromatic N) is 2. The van der Waals surface area contributed by atoms with Crippen molar-refractivity contribution < 1.29 is 9.66 Å². The molecule has 20 heavy (non-hydrogen) atoms. The Labute approximate surface area is 116 Å². The Morgan fingerprint density at radius 3 is 2.70 bits per heavy atom. The van der Waals surface area contributed by atoms with E-state index in [0.717, 1.165) is 0 Å². The van der Waals surface area contributed by atoms with Gasteiger partial charge in [0.15, 0.2) is 0 Å². The third-order valence-electron chi connectivity index (χ3n) is 3.04. The molecule has 0 aliphatic carbocycles. The van der Waals surface area contributed by atoms with Gasteiger partial charge in [0, 0.05) is 11.8 Å². The fourth-order valence-corrected chi connectivity index (χ4v) is 1.95. The molecule has 0 aliphatic heterocycles. The minimum Gasteiger partial charge on any atom is -0.485 e. The Morgan fingerprint density at radius 2 is 2.05 bits per heavy atom. The van der Waals surface area contributed by atoms with Crippen molar-refractivity contribution in [1.29, 1.82) is 0 Å². The zero-order valence-corrected chi connectivity index (χ0v) is 11.3. The summed E-state index contributed by atoms with van der Waals surface area (Å²) in [5.74, 6) is 0.539. The first-order valence-corrected chi connectivity index (χ1v) is 6.07. The molecule has 0 unspecified atom stereocenters. The number of anilines is 1. The van der Waals surface area contributed by atoms with Crippen molar-refractivity contribution in [3.8, 4) is 5.75 Å². The number of para-hydroxylation sites is 2. The van der Waals surface area contributed by atoms with Gasteiger partial charge in [-0.2, -0.15) is 0 Å². The number of rotatable bonds is 4. The van der Waals surface area contributed by atoms with Gasteiger partial charge in [-0.1, -0.05) is 12.1 Å². The molecular weight excluding hydrogens is 258 g/mol. The lowest BCUT2D eigenvalue weighted by Crippen LogP contribution is -2.06. The summed E-state index contributed by atoms with van der Waals surface area (Å²) >= 11 is 0. The van der Waals surface area contributed by atoms with E-state index in [0.29, 0.717) is 28.3 Å². The van der Waals surface area contributed by atoms with Gasteiger partial charge in [0.2, 0.25) is 0 Å². The van der Waals surface area contributed by atoms with Crippen molar-refractivity contribution in [2.75, 3.05) is 5.73 Å². The minimum absolute atomic E-state index is 0.0830. The summed E-state index contributed by atoms with van der Waals surface area (Å²) in [5, 5.41) is 11.0. The van der Waals surface area contributed by atoms with Crippen molar-refractivity contribution in [1.82, 2.24) is 4.98 Å². The third kappa shape index (κ3) is 2.69. The van der Waals surface area contributed by atoms with E-state index in [1.807, 2.05) is 12.1 Å². The Morgan fingerprint density at radius 1 is 1.35 bits per heavy atom. The summed E-state index contributed by atoms with van der Waals surface area (Å²) in [4.78, 5) is 14.8. The highest BCUT2D eigenvalue weighted by Gasteiger charge is 2.19. The monoisotopic (exact) mass is 273 g/mol. The second-order valence-electron chi connectivity index (χ2n) is 4.45. The van der Waals surface area contributed by atoms with Crippen LogP contribution in [-0.2, 0) is 6.61 Å². The zero-order valence-electron chi connectivity index (χ0n) is 11.3. The van der Waals surface area contributed by atoms with Gasteiger partial charge in [-0.3, -0.25) is 15.1 Å². The van der Waals surface area contributed by atoms with Gasteiger partial charge in [-0.25, -0.2) is 0 Å². The van der Waals surface area contributed by atoms with Crippen molar-refractivity contribution in [3.05, 3.63) is 57.4 Å². The highest BCUT2D eigenvalue weighted by Crippen LogP contribution is 2.26. The van der Waals surface area contributed by atoms with Crippen molar-refractivity contribution in [3.63, 3.8) is 0 Å². The van der Waals surface area contributed by atoms with Crippen LogP contribution < -0.4 is 10.5 Å². The molecule has 6 heteroatoms. The van der Waals surface area contributed by atoms with E-state index < -0.39 is 4.92 Å². The lowest BCUT2D eigenvalue weighted by Gasteiger charge is -2.10. The van der Waals surface area contributed by atoms with Crippen LogP contribution in [0.3, 0.4) is 0 Å². The number of aryl methyl sites for hydroxylation is 1. The summed E-state index contributed by atoms with van der Waals surface area (Å²) in [6.45, 7) is 3.48. The number of hydrogen-bond acceptors (Lipinski definition) is 5. The molecule has 0 radical (unpaired) electrons. The number of hydrogen-bond donors (Lipinski definition) is 1. The fraction of sp³-hybridized carbons (Fsp3) is 0.214. The number of benzene rings is 1. The fourth-order valence-electron chi connectivity index (χ4n) is 1.95. The number of nitrogens with two attached hydrogens (primary N) is 1. The lowest BCUT2D eigenvalue weighted by atomic mass is 10.1. The number of pyridine rings is 1. The second-order valence-corrected chi connectivity index (χ2v) is 4.45. The molecular formula is C14H15N3O3. The normalized spacial score (nSPS) is 10.3. The number of nitro groups is 1. The Hall–Kier alpha value is -2.63. The summed E-state index contributed by atoms with van der Waals surface area (Å²) in [7, 11) is 0. The van der Waals surface area contributed by atoms with Gasteiger partial charge in [-0.15, -0.1) is 0 Å².